The van der Waals surface area contributed by atoms with Crippen molar-refractivity contribution in [2.45, 2.75) is 37.9 Å². The van der Waals surface area contributed by atoms with Crippen LogP contribution in [-0.2, 0) is 11.2 Å². The predicted molar refractivity (Wildman–Crippen MR) is 82.5 cm³/mol. The van der Waals surface area contributed by atoms with Gasteiger partial charge >= 0.3 is 0 Å². The monoisotopic (exact) mass is 277 g/mol. The summed E-state index contributed by atoms with van der Waals surface area (Å²) in [5.41, 5.74) is 1.18. The van der Waals surface area contributed by atoms with Crippen LogP contribution in [0.15, 0.2) is 30.3 Å². The minimum atomic E-state index is -0.210. The highest BCUT2D eigenvalue weighted by molar-refractivity contribution is 7.81. The number of rotatable bonds is 4. The van der Waals surface area contributed by atoms with Gasteiger partial charge < -0.3 is 4.90 Å². The number of likely N-dealkylation sites (tertiary alicyclic amines) is 1. The van der Waals surface area contributed by atoms with Crippen LogP contribution >= 0.6 is 12.6 Å². The summed E-state index contributed by atoms with van der Waals surface area (Å²) in [5, 5.41) is -0.210. The van der Waals surface area contributed by atoms with Gasteiger partial charge in [0, 0.05) is 13.1 Å². The highest BCUT2D eigenvalue weighted by atomic mass is 32.1. The quantitative estimate of drug-likeness (QED) is 0.838. The first-order valence-corrected chi connectivity index (χ1v) is 7.73. The second kappa shape index (κ2) is 6.99. The second-order valence-corrected chi connectivity index (χ2v) is 6.03. The van der Waals surface area contributed by atoms with Crippen molar-refractivity contribution in [1.29, 1.82) is 0 Å². The number of thiol groups is 1. The summed E-state index contributed by atoms with van der Waals surface area (Å²) in [7, 11) is 0. The summed E-state index contributed by atoms with van der Waals surface area (Å²) >= 11 is 4.51. The zero-order valence-corrected chi connectivity index (χ0v) is 12.5. The van der Waals surface area contributed by atoms with Gasteiger partial charge in [0.2, 0.25) is 5.91 Å². The van der Waals surface area contributed by atoms with Gasteiger partial charge in [-0.15, -0.1) is 0 Å². The van der Waals surface area contributed by atoms with E-state index in [4.69, 9.17) is 0 Å². The van der Waals surface area contributed by atoms with Gasteiger partial charge in [-0.2, -0.15) is 12.6 Å². The van der Waals surface area contributed by atoms with Crippen molar-refractivity contribution in [3.05, 3.63) is 35.9 Å². The van der Waals surface area contributed by atoms with E-state index in [-0.39, 0.29) is 11.2 Å². The molecular formula is C16H23NOS. The van der Waals surface area contributed by atoms with Crippen LogP contribution in [0.2, 0.25) is 0 Å². The Kier molecular flexibility index (Phi) is 5.32. The molecule has 3 heteroatoms. The number of carbonyl (C=O) groups is 1. The van der Waals surface area contributed by atoms with E-state index in [1.54, 1.807) is 0 Å². The molecule has 1 heterocycles. The Morgan fingerprint density at radius 3 is 2.84 bits per heavy atom. The third-order valence-corrected chi connectivity index (χ3v) is 4.37. The average molecular weight is 277 g/mol. The van der Waals surface area contributed by atoms with Crippen LogP contribution in [0.25, 0.3) is 0 Å². The second-order valence-electron chi connectivity index (χ2n) is 5.41. The summed E-state index contributed by atoms with van der Waals surface area (Å²) in [4.78, 5) is 14.4. The van der Waals surface area contributed by atoms with Crippen LogP contribution in [0.5, 0.6) is 0 Å². The first-order valence-electron chi connectivity index (χ1n) is 7.21. The maximum Gasteiger partial charge on any atom is 0.235 e. The first kappa shape index (κ1) is 14.4. The van der Waals surface area contributed by atoms with Gasteiger partial charge in [0.1, 0.15) is 0 Å². The van der Waals surface area contributed by atoms with Gasteiger partial charge in [0.25, 0.3) is 0 Å². The SMILES string of the molecule is CCC1CCCN(C(=O)C(S)Cc2ccccc2)C1. The molecule has 0 aliphatic carbocycles. The van der Waals surface area contributed by atoms with Crippen molar-refractivity contribution in [3.63, 3.8) is 0 Å². The zero-order chi connectivity index (χ0) is 13.7. The highest BCUT2D eigenvalue weighted by Crippen LogP contribution is 2.21. The van der Waals surface area contributed by atoms with Crippen molar-refractivity contribution in [2.75, 3.05) is 13.1 Å². The van der Waals surface area contributed by atoms with Crippen LogP contribution in [0.1, 0.15) is 31.7 Å². The molecule has 0 spiro atoms. The van der Waals surface area contributed by atoms with E-state index < -0.39 is 0 Å². The minimum Gasteiger partial charge on any atom is -0.341 e. The normalized spacial score (nSPS) is 21.2. The Bertz CT molecular complexity index is 406. The molecule has 2 rings (SSSR count). The molecule has 2 unspecified atom stereocenters. The fraction of sp³-hybridized carbons (Fsp3) is 0.562. The Hall–Kier alpha value is -0.960. The molecule has 0 N–H and O–H groups in total. The van der Waals surface area contributed by atoms with Gasteiger partial charge in [-0.25, -0.2) is 0 Å². The van der Waals surface area contributed by atoms with Gasteiger partial charge in [0.05, 0.1) is 5.25 Å². The average Bonchev–Trinajstić information content (AvgIpc) is 2.47. The van der Waals surface area contributed by atoms with Crippen LogP contribution in [-0.4, -0.2) is 29.1 Å². The third-order valence-electron chi connectivity index (χ3n) is 3.96. The molecule has 2 nitrogen and oxygen atoms in total. The van der Waals surface area contributed by atoms with Crippen molar-refractivity contribution in [2.24, 2.45) is 5.92 Å². The molecule has 19 heavy (non-hydrogen) atoms. The van der Waals surface area contributed by atoms with Crippen LogP contribution in [0.4, 0.5) is 0 Å². The molecule has 1 amide bonds. The van der Waals surface area contributed by atoms with E-state index in [1.165, 1.54) is 18.4 Å². The van der Waals surface area contributed by atoms with Crippen molar-refractivity contribution in [1.82, 2.24) is 4.90 Å². The van der Waals surface area contributed by atoms with Gasteiger partial charge in [0.15, 0.2) is 0 Å². The molecule has 1 saturated heterocycles. The third kappa shape index (κ3) is 4.00. The molecule has 104 valence electrons. The molecule has 1 fully saturated rings. The summed E-state index contributed by atoms with van der Waals surface area (Å²) in [6, 6.07) is 10.1. The van der Waals surface area contributed by atoms with E-state index in [2.05, 4.69) is 31.7 Å². The number of amides is 1. The van der Waals surface area contributed by atoms with Crippen LogP contribution in [0.3, 0.4) is 0 Å². The minimum absolute atomic E-state index is 0.199. The van der Waals surface area contributed by atoms with Crippen molar-refractivity contribution >= 4 is 18.5 Å². The van der Waals surface area contributed by atoms with Gasteiger partial charge in [-0.05, 0) is 30.7 Å². The Labute approximate surface area is 121 Å². The molecule has 1 aliphatic heterocycles. The number of benzene rings is 1. The fourth-order valence-corrected chi connectivity index (χ4v) is 3.11. The standard InChI is InChI=1S/C16H23NOS/c1-2-13-9-6-10-17(12-13)16(18)15(19)11-14-7-4-3-5-8-14/h3-5,7-8,13,15,19H,2,6,9-12H2,1H3. The summed E-state index contributed by atoms with van der Waals surface area (Å²) in [6.07, 6.45) is 4.28. The Balaban J connectivity index is 1.91. The van der Waals surface area contributed by atoms with E-state index >= 15 is 0 Å². The van der Waals surface area contributed by atoms with Crippen LogP contribution < -0.4 is 0 Å². The molecule has 1 aliphatic rings. The maximum atomic E-state index is 12.4. The Morgan fingerprint density at radius 2 is 2.16 bits per heavy atom. The van der Waals surface area contributed by atoms with Crippen molar-refractivity contribution < 1.29 is 4.79 Å². The molecular weight excluding hydrogens is 254 g/mol. The lowest BCUT2D eigenvalue weighted by Crippen LogP contribution is -2.44. The molecule has 0 radical (unpaired) electrons. The molecule has 0 aromatic heterocycles. The molecule has 1 aromatic rings. The zero-order valence-electron chi connectivity index (χ0n) is 11.6. The summed E-state index contributed by atoms with van der Waals surface area (Å²) in [5.74, 6) is 0.875. The number of carbonyl (C=O) groups excluding carboxylic acids is 1. The lowest BCUT2D eigenvalue weighted by atomic mass is 9.95. The number of hydrogen-bond acceptors (Lipinski definition) is 2. The lowest BCUT2D eigenvalue weighted by Gasteiger charge is -2.33. The molecule has 0 bridgehead atoms. The topological polar surface area (TPSA) is 20.3 Å². The highest BCUT2D eigenvalue weighted by Gasteiger charge is 2.26. The van der Waals surface area contributed by atoms with Crippen LogP contribution in [0, 0.1) is 5.92 Å². The number of nitrogens with zero attached hydrogens (tertiary/aromatic N) is 1. The first-order chi connectivity index (χ1) is 9.20. The van der Waals surface area contributed by atoms with E-state index in [0.717, 1.165) is 25.9 Å². The summed E-state index contributed by atoms with van der Waals surface area (Å²) < 4.78 is 0. The Morgan fingerprint density at radius 1 is 1.42 bits per heavy atom. The maximum absolute atomic E-state index is 12.4. The van der Waals surface area contributed by atoms with E-state index in [9.17, 15) is 4.79 Å². The van der Waals surface area contributed by atoms with E-state index in [1.807, 2.05) is 23.1 Å². The van der Waals surface area contributed by atoms with Crippen molar-refractivity contribution in [3.8, 4) is 0 Å². The summed E-state index contributed by atoms with van der Waals surface area (Å²) in [6.45, 7) is 4.03. The van der Waals surface area contributed by atoms with Gasteiger partial charge in [-0.1, -0.05) is 43.7 Å². The smallest absolute Gasteiger partial charge is 0.235 e. The number of hydrogen-bond donors (Lipinski definition) is 1. The fourth-order valence-electron chi connectivity index (χ4n) is 2.73. The lowest BCUT2D eigenvalue weighted by molar-refractivity contribution is -0.132. The molecule has 2 atom stereocenters. The molecule has 0 saturated carbocycles. The van der Waals surface area contributed by atoms with E-state index in [0.29, 0.717) is 5.92 Å². The predicted octanol–water partition coefficient (Wildman–Crippen LogP) is 3.18. The largest absolute Gasteiger partial charge is 0.341 e. The molecule has 1 aromatic carbocycles. The van der Waals surface area contributed by atoms with Gasteiger partial charge in [-0.3, -0.25) is 4.79 Å². The number of piperidine rings is 1.